The maximum Gasteiger partial charge on any atom is 0.341 e. The van der Waals surface area contributed by atoms with Gasteiger partial charge in [0, 0.05) is 6.07 Å². The molecule has 1 aromatic rings. The summed E-state index contributed by atoms with van der Waals surface area (Å²) >= 11 is 5.48. The van der Waals surface area contributed by atoms with Crippen LogP contribution in [0.2, 0.25) is 5.15 Å². The molecule has 1 rings (SSSR count). The molecule has 0 bridgehead atoms. The fraction of sp³-hybridized carbons (Fsp3) is 0.167. The van der Waals surface area contributed by atoms with Crippen LogP contribution < -0.4 is 4.74 Å². The van der Waals surface area contributed by atoms with E-state index in [-0.39, 0.29) is 11.0 Å². The first kappa shape index (κ1) is 8.73. The maximum atomic E-state index is 10.1. The molecule has 0 aliphatic carbocycles. The van der Waals surface area contributed by atoms with Gasteiger partial charge in [0.25, 0.3) is 0 Å². The average Bonchev–Trinajstić information content (AvgIpc) is 2.01. The molecule has 1 aromatic heterocycles. The van der Waals surface area contributed by atoms with Gasteiger partial charge in [0.2, 0.25) is 5.88 Å². The second-order valence-electron chi connectivity index (χ2n) is 1.86. The van der Waals surface area contributed by atoms with E-state index in [1.807, 2.05) is 0 Å². The molecule has 0 atom stereocenters. The molecule has 64 valence electrons. The van der Waals surface area contributed by atoms with E-state index in [9.17, 15) is 4.79 Å². The largest absolute Gasteiger partial charge is 0.479 e. The number of aliphatic carboxylic acids is 1. The molecule has 0 saturated carbocycles. The third-order valence-corrected chi connectivity index (χ3v) is 1.16. The molecule has 12 heavy (non-hydrogen) atoms. The van der Waals surface area contributed by atoms with E-state index < -0.39 is 12.6 Å². The summed E-state index contributed by atoms with van der Waals surface area (Å²) in [6, 6.07) is 1.34. The van der Waals surface area contributed by atoms with Crippen LogP contribution in [0.15, 0.2) is 12.4 Å². The number of carbonyl (C=O) groups is 1. The summed E-state index contributed by atoms with van der Waals surface area (Å²) in [6.45, 7) is -0.437. The van der Waals surface area contributed by atoms with Gasteiger partial charge in [-0.25, -0.2) is 14.8 Å². The van der Waals surface area contributed by atoms with Crippen molar-refractivity contribution in [2.24, 2.45) is 0 Å². The lowest BCUT2D eigenvalue weighted by atomic mass is 10.6. The smallest absolute Gasteiger partial charge is 0.341 e. The lowest BCUT2D eigenvalue weighted by Gasteiger charge is -1.99. The predicted octanol–water partition coefficient (Wildman–Crippen LogP) is 0.593. The van der Waals surface area contributed by atoms with E-state index in [2.05, 4.69) is 9.97 Å². The van der Waals surface area contributed by atoms with Crippen molar-refractivity contribution in [1.29, 1.82) is 0 Å². The van der Waals surface area contributed by atoms with Crippen molar-refractivity contribution in [3.8, 4) is 5.88 Å². The zero-order valence-corrected chi connectivity index (χ0v) is 6.65. The minimum atomic E-state index is -1.07. The van der Waals surface area contributed by atoms with E-state index >= 15 is 0 Å². The Hall–Kier alpha value is -1.36. The number of carboxylic acids is 1. The summed E-state index contributed by atoms with van der Waals surface area (Å²) in [5.74, 6) is -0.915. The van der Waals surface area contributed by atoms with Crippen LogP contribution in [-0.4, -0.2) is 27.7 Å². The Morgan fingerprint density at radius 2 is 2.42 bits per heavy atom. The summed E-state index contributed by atoms with van der Waals surface area (Å²) in [5.41, 5.74) is 0. The molecule has 0 fully saturated rings. The molecule has 0 aliphatic rings. The number of aromatic nitrogens is 2. The van der Waals surface area contributed by atoms with Gasteiger partial charge in [-0.1, -0.05) is 11.6 Å². The van der Waals surface area contributed by atoms with Crippen molar-refractivity contribution in [3.63, 3.8) is 0 Å². The molecule has 0 aromatic carbocycles. The molecule has 6 heteroatoms. The first-order valence-electron chi connectivity index (χ1n) is 3.00. The van der Waals surface area contributed by atoms with Gasteiger partial charge in [0.15, 0.2) is 6.61 Å². The predicted molar refractivity (Wildman–Crippen MR) is 40.2 cm³/mol. The maximum absolute atomic E-state index is 10.1. The lowest BCUT2D eigenvalue weighted by Crippen LogP contribution is -2.10. The van der Waals surface area contributed by atoms with Gasteiger partial charge in [-0.05, 0) is 0 Å². The zero-order valence-electron chi connectivity index (χ0n) is 5.90. The number of carboxylic acid groups (broad SMARTS) is 1. The van der Waals surface area contributed by atoms with Gasteiger partial charge in [0.05, 0.1) is 0 Å². The van der Waals surface area contributed by atoms with Crippen LogP contribution in [0.1, 0.15) is 0 Å². The van der Waals surface area contributed by atoms with Crippen LogP contribution in [0, 0.1) is 0 Å². The van der Waals surface area contributed by atoms with Crippen LogP contribution in [-0.2, 0) is 4.79 Å². The highest BCUT2D eigenvalue weighted by Gasteiger charge is 2.00. The number of hydrogen-bond donors (Lipinski definition) is 1. The van der Waals surface area contributed by atoms with E-state index in [1.165, 1.54) is 12.4 Å². The van der Waals surface area contributed by atoms with Crippen molar-refractivity contribution >= 4 is 17.6 Å². The van der Waals surface area contributed by atoms with Crippen molar-refractivity contribution in [1.82, 2.24) is 9.97 Å². The summed E-state index contributed by atoms with van der Waals surface area (Å²) in [6.07, 6.45) is 1.19. The topological polar surface area (TPSA) is 72.3 Å². The summed E-state index contributed by atoms with van der Waals surface area (Å²) in [5, 5.41) is 8.46. The van der Waals surface area contributed by atoms with E-state index in [0.717, 1.165) is 0 Å². The molecule has 5 nitrogen and oxygen atoms in total. The molecule has 0 radical (unpaired) electrons. The highest BCUT2D eigenvalue weighted by atomic mass is 35.5. The molecule has 0 aliphatic heterocycles. The number of rotatable bonds is 3. The Kier molecular flexibility index (Phi) is 2.82. The standard InChI is InChI=1S/C6H5ClN2O3/c7-4-1-5(9-3-8-4)12-2-6(10)11/h1,3H,2H2,(H,10,11). The number of ether oxygens (including phenoxy) is 1. The van der Waals surface area contributed by atoms with E-state index in [4.69, 9.17) is 21.4 Å². The number of halogens is 1. The monoisotopic (exact) mass is 188 g/mol. The van der Waals surface area contributed by atoms with Crippen LogP contribution in [0.4, 0.5) is 0 Å². The van der Waals surface area contributed by atoms with E-state index in [1.54, 1.807) is 0 Å². The Morgan fingerprint density at radius 3 is 3.00 bits per heavy atom. The second-order valence-corrected chi connectivity index (χ2v) is 2.25. The Morgan fingerprint density at radius 1 is 1.67 bits per heavy atom. The van der Waals surface area contributed by atoms with Crippen molar-refractivity contribution in [3.05, 3.63) is 17.5 Å². The van der Waals surface area contributed by atoms with Crippen LogP contribution >= 0.6 is 11.6 Å². The van der Waals surface area contributed by atoms with Gasteiger partial charge in [-0.2, -0.15) is 0 Å². The highest BCUT2D eigenvalue weighted by Crippen LogP contribution is 2.10. The highest BCUT2D eigenvalue weighted by molar-refractivity contribution is 6.29. The normalized spacial score (nSPS) is 9.42. The molecular weight excluding hydrogens is 184 g/mol. The third-order valence-electron chi connectivity index (χ3n) is 0.952. The van der Waals surface area contributed by atoms with Crippen LogP contribution in [0.5, 0.6) is 5.88 Å². The van der Waals surface area contributed by atoms with Gasteiger partial charge in [-0.15, -0.1) is 0 Å². The number of hydrogen-bond acceptors (Lipinski definition) is 4. The summed E-state index contributed by atoms with van der Waals surface area (Å²) in [7, 11) is 0. The minimum Gasteiger partial charge on any atom is -0.479 e. The first-order chi connectivity index (χ1) is 5.68. The lowest BCUT2D eigenvalue weighted by molar-refractivity contribution is -0.139. The fourth-order valence-electron chi connectivity index (χ4n) is 0.532. The second kappa shape index (κ2) is 3.87. The molecule has 0 saturated heterocycles. The molecule has 0 spiro atoms. The zero-order chi connectivity index (χ0) is 8.97. The van der Waals surface area contributed by atoms with Gasteiger partial charge < -0.3 is 9.84 Å². The van der Waals surface area contributed by atoms with Gasteiger partial charge in [0.1, 0.15) is 11.5 Å². The molecule has 1 N–H and O–H groups in total. The van der Waals surface area contributed by atoms with Crippen molar-refractivity contribution in [2.45, 2.75) is 0 Å². The van der Waals surface area contributed by atoms with Crippen molar-refractivity contribution < 1.29 is 14.6 Å². The number of nitrogens with zero attached hydrogens (tertiary/aromatic N) is 2. The quantitative estimate of drug-likeness (QED) is 0.703. The minimum absolute atomic E-state index is 0.150. The SMILES string of the molecule is O=C(O)COc1cc(Cl)ncn1. The van der Waals surface area contributed by atoms with E-state index in [0.29, 0.717) is 0 Å². The molecule has 0 amide bonds. The van der Waals surface area contributed by atoms with Crippen LogP contribution in [0.3, 0.4) is 0 Å². The summed E-state index contributed by atoms with van der Waals surface area (Å²) < 4.78 is 4.71. The van der Waals surface area contributed by atoms with Crippen LogP contribution in [0.25, 0.3) is 0 Å². The first-order valence-corrected chi connectivity index (χ1v) is 3.38. The van der Waals surface area contributed by atoms with Gasteiger partial charge in [-0.3, -0.25) is 0 Å². The Labute approximate surface area is 73.0 Å². The molecular formula is C6H5ClN2O3. The fourth-order valence-corrected chi connectivity index (χ4v) is 0.669. The average molecular weight is 189 g/mol. The molecule has 1 heterocycles. The summed E-state index contributed by atoms with van der Waals surface area (Å²) in [4.78, 5) is 17.3. The third kappa shape index (κ3) is 2.71. The molecule has 0 unspecified atom stereocenters. The van der Waals surface area contributed by atoms with Crippen molar-refractivity contribution in [2.75, 3.05) is 6.61 Å². The Bertz CT molecular complexity index is 292. The van der Waals surface area contributed by atoms with Gasteiger partial charge >= 0.3 is 5.97 Å². The Balaban J connectivity index is 2.57.